The molecule has 0 bridgehead atoms. The van der Waals surface area contributed by atoms with Gasteiger partial charge in [-0.25, -0.2) is 4.98 Å². The fraction of sp³-hybridized carbons (Fsp3) is 0.381. The van der Waals surface area contributed by atoms with Crippen LogP contribution >= 0.6 is 23.2 Å². The summed E-state index contributed by atoms with van der Waals surface area (Å²) in [7, 11) is 0. The highest BCUT2D eigenvalue weighted by atomic mass is 35.5. The van der Waals surface area contributed by atoms with Crippen molar-refractivity contribution in [3.63, 3.8) is 0 Å². The molecule has 29 heavy (non-hydrogen) atoms. The van der Waals surface area contributed by atoms with E-state index in [-0.39, 0.29) is 6.04 Å². The molecule has 152 valence electrons. The van der Waals surface area contributed by atoms with Crippen LogP contribution in [0.3, 0.4) is 0 Å². The minimum Gasteiger partial charge on any atom is -0.383 e. The number of rotatable bonds is 4. The van der Waals surface area contributed by atoms with E-state index in [0.717, 1.165) is 64.7 Å². The van der Waals surface area contributed by atoms with Crippen LogP contribution in [-0.4, -0.2) is 39.0 Å². The van der Waals surface area contributed by atoms with Crippen molar-refractivity contribution >= 4 is 46.0 Å². The van der Waals surface area contributed by atoms with Crippen molar-refractivity contribution in [1.29, 1.82) is 0 Å². The third-order valence-corrected chi connectivity index (χ3v) is 6.09. The number of nitrogens with two attached hydrogens (primary N) is 1. The number of hydrogen-bond acceptors (Lipinski definition) is 6. The third-order valence-electron chi connectivity index (χ3n) is 5.38. The zero-order valence-electron chi connectivity index (χ0n) is 16.5. The molecule has 0 radical (unpaired) electrons. The first kappa shape index (κ1) is 20.1. The zero-order valence-corrected chi connectivity index (χ0v) is 18.1. The number of nitrogens with one attached hydrogen (secondary N) is 1. The predicted octanol–water partition coefficient (Wildman–Crippen LogP) is 4.61. The molecule has 6 nitrogen and oxygen atoms in total. The van der Waals surface area contributed by atoms with Gasteiger partial charge in [-0.15, -0.1) is 0 Å². The Morgan fingerprint density at radius 2 is 1.79 bits per heavy atom. The number of halogens is 2. The predicted molar refractivity (Wildman–Crippen MR) is 120 cm³/mol. The summed E-state index contributed by atoms with van der Waals surface area (Å²) in [5, 5.41) is 5.70. The number of anilines is 2. The minimum atomic E-state index is 0.288. The Bertz CT molecular complexity index is 1030. The lowest BCUT2D eigenvalue weighted by Crippen LogP contribution is -2.39. The number of hydrogen-bond donors (Lipinski definition) is 2. The highest BCUT2D eigenvalue weighted by Gasteiger charge is 2.22. The van der Waals surface area contributed by atoms with Crippen LogP contribution in [0, 0.1) is 13.8 Å². The van der Waals surface area contributed by atoms with Gasteiger partial charge in [-0.1, -0.05) is 29.3 Å². The van der Waals surface area contributed by atoms with Crippen molar-refractivity contribution in [2.45, 2.75) is 39.3 Å². The van der Waals surface area contributed by atoms with Crippen LogP contribution in [0.5, 0.6) is 0 Å². The topological polar surface area (TPSA) is 80.0 Å². The molecule has 0 spiro atoms. The van der Waals surface area contributed by atoms with E-state index >= 15 is 0 Å². The van der Waals surface area contributed by atoms with Gasteiger partial charge in [0.25, 0.3) is 0 Å². The first-order chi connectivity index (χ1) is 13.9. The second-order valence-electron chi connectivity index (χ2n) is 7.61. The summed E-state index contributed by atoms with van der Waals surface area (Å²) in [4.78, 5) is 16.0. The Hall–Kier alpha value is -2.15. The molecule has 0 unspecified atom stereocenters. The van der Waals surface area contributed by atoms with Gasteiger partial charge in [0.1, 0.15) is 5.82 Å². The van der Waals surface area contributed by atoms with Gasteiger partial charge < -0.3 is 11.1 Å². The van der Waals surface area contributed by atoms with E-state index in [9.17, 15) is 0 Å². The number of nitrogens with zero attached hydrogens (tertiary/aromatic N) is 4. The van der Waals surface area contributed by atoms with Crippen molar-refractivity contribution in [1.82, 2.24) is 19.9 Å². The average Bonchev–Trinajstić information content (AvgIpc) is 2.65. The number of nitrogen functional groups attached to an aromatic ring is 1. The van der Waals surface area contributed by atoms with Crippen molar-refractivity contribution in [2.24, 2.45) is 0 Å². The monoisotopic (exact) mass is 430 g/mol. The van der Waals surface area contributed by atoms with E-state index in [4.69, 9.17) is 28.9 Å². The van der Waals surface area contributed by atoms with Gasteiger partial charge in [-0.05, 0) is 50.5 Å². The normalized spacial score (nSPS) is 15.7. The van der Waals surface area contributed by atoms with Crippen molar-refractivity contribution in [2.75, 3.05) is 24.1 Å². The number of aromatic nitrogens is 3. The lowest BCUT2D eigenvalue weighted by Gasteiger charge is -2.32. The summed E-state index contributed by atoms with van der Waals surface area (Å²) < 4.78 is 0. The number of benzene rings is 1. The summed E-state index contributed by atoms with van der Waals surface area (Å²) in [6.45, 7) is 6.61. The van der Waals surface area contributed by atoms with Gasteiger partial charge in [0, 0.05) is 47.0 Å². The lowest BCUT2D eigenvalue weighted by atomic mass is 10.0. The Morgan fingerprint density at radius 1 is 1.10 bits per heavy atom. The SMILES string of the molecule is Cc1cc(C)c2c(N)nc(NC3CCN(Cc4c(Cl)cccc4Cl)CC3)nc2n1. The Morgan fingerprint density at radius 3 is 2.48 bits per heavy atom. The van der Waals surface area contributed by atoms with E-state index in [0.29, 0.717) is 17.4 Å². The smallest absolute Gasteiger partial charge is 0.226 e. The Balaban J connectivity index is 1.42. The Kier molecular flexibility index (Phi) is 5.76. The summed E-state index contributed by atoms with van der Waals surface area (Å²) in [5.74, 6) is 1.01. The molecule has 3 heterocycles. The molecule has 1 fully saturated rings. The maximum absolute atomic E-state index is 6.31. The molecular weight excluding hydrogens is 407 g/mol. The number of likely N-dealkylation sites (tertiary alicyclic amines) is 1. The van der Waals surface area contributed by atoms with Gasteiger partial charge >= 0.3 is 0 Å². The maximum atomic E-state index is 6.31. The van der Waals surface area contributed by atoms with E-state index in [1.807, 2.05) is 38.1 Å². The third kappa shape index (κ3) is 4.39. The summed E-state index contributed by atoms with van der Waals surface area (Å²) >= 11 is 12.6. The summed E-state index contributed by atoms with van der Waals surface area (Å²) in [5.41, 5.74) is 9.78. The molecule has 1 saturated heterocycles. The highest BCUT2D eigenvalue weighted by molar-refractivity contribution is 6.35. The first-order valence-electron chi connectivity index (χ1n) is 9.74. The lowest BCUT2D eigenvalue weighted by molar-refractivity contribution is 0.211. The van der Waals surface area contributed by atoms with Gasteiger partial charge in [0.05, 0.1) is 5.39 Å². The molecule has 0 atom stereocenters. The van der Waals surface area contributed by atoms with Crippen LogP contribution in [0.15, 0.2) is 24.3 Å². The standard InChI is InChI=1S/C21H24Cl2N6/c1-12-10-13(2)25-20-18(12)19(24)27-21(28-20)26-14-6-8-29(9-7-14)11-15-16(22)4-3-5-17(15)23/h3-5,10,14H,6-9,11H2,1-2H3,(H3,24,25,26,27,28). The Labute approximate surface area is 180 Å². The molecule has 1 aromatic carbocycles. The molecular formula is C21H24Cl2N6. The molecule has 0 amide bonds. The molecule has 0 saturated carbocycles. The van der Waals surface area contributed by atoms with Gasteiger partial charge in [-0.3, -0.25) is 4.90 Å². The summed E-state index contributed by atoms with van der Waals surface area (Å²) in [6.07, 6.45) is 1.95. The largest absolute Gasteiger partial charge is 0.383 e. The second-order valence-corrected chi connectivity index (χ2v) is 8.42. The average molecular weight is 431 g/mol. The minimum absolute atomic E-state index is 0.288. The molecule has 2 aromatic heterocycles. The van der Waals surface area contributed by atoms with Crippen LogP contribution in [0.2, 0.25) is 10.0 Å². The van der Waals surface area contributed by atoms with Crippen LogP contribution in [-0.2, 0) is 6.54 Å². The quantitative estimate of drug-likeness (QED) is 0.628. The fourth-order valence-electron chi connectivity index (χ4n) is 3.90. The van der Waals surface area contributed by atoms with Crippen LogP contribution in [0.1, 0.15) is 29.7 Å². The van der Waals surface area contributed by atoms with Crippen LogP contribution in [0.4, 0.5) is 11.8 Å². The number of piperidine rings is 1. The van der Waals surface area contributed by atoms with Gasteiger partial charge in [0.15, 0.2) is 5.65 Å². The zero-order chi connectivity index (χ0) is 20.5. The first-order valence-corrected chi connectivity index (χ1v) is 10.5. The molecule has 0 aliphatic carbocycles. The van der Waals surface area contributed by atoms with Crippen molar-refractivity contribution in [3.05, 3.63) is 51.1 Å². The van der Waals surface area contributed by atoms with E-state index in [1.165, 1.54) is 0 Å². The van der Waals surface area contributed by atoms with Crippen LogP contribution < -0.4 is 11.1 Å². The second kappa shape index (κ2) is 8.30. The summed E-state index contributed by atoms with van der Waals surface area (Å²) in [6, 6.07) is 7.93. The van der Waals surface area contributed by atoms with Gasteiger partial charge in [-0.2, -0.15) is 9.97 Å². The maximum Gasteiger partial charge on any atom is 0.226 e. The molecule has 1 aliphatic heterocycles. The van der Waals surface area contributed by atoms with E-state index < -0.39 is 0 Å². The fourth-order valence-corrected chi connectivity index (χ4v) is 4.42. The molecule has 4 rings (SSSR count). The van der Waals surface area contributed by atoms with Crippen molar-refractivity contribution < 1.29 is 0 Å². The number of aryl methyl sites for hydroxylation is 2. The number of fused-ring (bicyclic) bond motifs is 1. The van der Waals surface area contributed by atoms with Crippen LogP contribution in [0.25, 0.3) is 11.0 Å². The van der Waals surface area contributed by atoms with Gasteiger partial charge in [0.2, 0.25) is 5.95 Å². The number of pyridine rings is 1. The molecule has 3 N–H and O–H groups in total. The highest BCUT2D eigenvalue weighted by Crippen LogP contribution is 2.28. The van der Waals surface area contributed by atoms with Crippen molar-refractivity contribution in [3.8, 4) is 0 Å². The molecule has 3 aromatic rings. The van der Waals surface area contributed by atoms with E-state index in [2.05, 4.69) is 25.2 Å². The van der Waals surface area contributed by atoms with E-state index in [1.54, 1.807) is 0 Å². The molecule has 8 heteroatoms. The molecule has 1 aliphatic rings.